The Morgan fingerprint density at radius 3 is 2.73 bits per heavy atom. The summed E-state index contributed by atoms with van der Waals surface area (Å²) in [5.74, 6) is 0. The van der Waals surface area contributed by atoms with E-state index in [0.717, 1.165) is 0 Å². The number of hydrogen-bond acceptors (Lipinski definition) is 3. The van der Waals surface area contributed by atoms with Crippen molar-refractivity contribution < 1.29 is 9.90 Å². The number of hydrogen-bond donors (Lipinski definition) is 4. The molecule has 0 aromatic carbocycles. The zero-order valence-corrected chi connectivity index (χ0v) is 6.63. The van der Waals surface area contributed by atoms with Crippen molar-refractivity contribution >= 4 is 6.03 Å². The minimum Gasteiger partial charge on any atom is -0.390 e. The fourth-order valence-electron chi connectivity index (χ4n) is 0.517. The van der Waals surface area contributed by atoms with Gasteiger partial charge < -0.3 is 21.5 Å². The molecule has 0 spiro atoms. The van der Waals surface area contributed by atoms with Gasteiger partial charge >= 0.3 is 6.03 Å². The van der Waals surface area contributed by atoms with Crippen molar-refractivity contribution in [3.63, 3.8) is 0 Å². The van der Waals surface area contributed by atoms with E-state index in [2.05, 4.69) is 10.6 Å². The van der Waals surface area contributed by atoms with Crippen molar-refractivity contribution in [2.24, 2.45) is 5.73 Å². The van der Waals surface area contributed by atoms with Gasteiger partial charge in [0.2, 0.25) is 0 Å². The lowest BCUT2D eigenvalue weighted by molar-refractivity contribution is 0.177. The van der Waals surface area contributed by atoms with Crippen molar-refractivity contribution in [2.45, 2.75) is 13.0 Å². The van der Waals surface area contributed by atoms with Crippen LogP contribution in [0.2, 0.25) is 0 Å². The number of urea groups is 1. The van der Waals surface area contributed by atoms with Gasteiger partial charge in [-0.3, -0.25) is 0 Å². The molecule has 0 aliphatic rings. The smallest absolute Gasteiger partial charge is 0.314 e. The van der Waals surface area contributed by atoms with Crippen molar-refractivity contribution in [1.29, 1.82) is 0 Å². The molecule has 0 radical (unpaired) electrons. The van der Waals surface area contributed by atoms with Gasteiger partial charge in [-0.25, -0.2) is 4.79 Å². The third kappa shape index (κ3) is 5.63. The van der Waals surface area contributed by atoms with Gasteiger partial charge in [0.1, 0.15) is 0 Å². The highest BCUT2D eigenvalue weighted by atomic mass is 16.3. The van der Waals surface area contributed by atoms with Crippen LogP contribution in [-0.4, -0.2) is 36.9 Å². The fourth-order valence-corrected chi connectivity index (χ4v) is 0.517. The second kappa shape index (κ2) is 5.94. The summed E-state index contributed by atoms with van der Waals surface area (Å²) in [6.45, 7) is 2.75. The van der Waals surface area contributed by atoms with Gasteiger partial charge in [0.15, 0.2) is 0 Å². The first kappa shape index (κ1) is 10.2. The van der Waals surface area contributed by atoms with Crippen LogP contribution in [0.3, 0.4) is 0 Å². The largest absolute Gasteiger partial charge is 0.390 e. The molecule has 5 heteroatoms. The number of rotatable bonds is 4. The first-order valence-electron chi connectivity index (χ1n) is 3.60. The predicted molar refractivity (Wildman–Crippen MR) is 42.1 cm³/mol. The average Bonchev–Trinajstić information content (AvgIpc) is 2.01. The molecule has 5 nitrogen and oxygen atoms in total. The number of carbonyl (C=O) groups is 1. The first-order chi connectivity index (χ1) is 5.20. The lowest BCUT2D eigenvalue weighted by Gasteiger charge is -2.09. The summed E-state index contributed by atoms with van der Waals surface area (Å²) in [5.41, 5.74) is 5.11. The van der Waals surface area contributed by atoms with Gasteiger partial charge in [0.05, 0.1) is 6.10 Å². The summed E-state index contributed by atoms with van der Waals surface area (Å²) in [7, 11) is 0. The Hall–Kier alpha value is -0.810. The molecule has 0 aromatic rings. The van der Waals surface area contributed by atoms with Crippen LogP contribution in [-0.2, 0) is 0 Å². The van der Waals surface area contributed by atoms with Gasteiger partial charge in [-0.05, 0) is 6.92 Å². The monoisotopic (exact) mass is 161 g/mol. The molecular weight excluding hydrogens is 146 g/mol. The van der Waals surface area contributed by atoms with Gasteiger partial charge in [-0.1, -0.05) is 0 Å². The van der Waals surface area contributed by atoms with Crippen LogP contribution >= 0.6 is 0 Å². The minimum absolute atomic E-state index is 0.159. The van der Waals surface area contributed by atoms with E-state index in [9.17, 15) is 4.79 Å². The highest BCUT2D eigenvalue weighted by Gasteiger charge is 2.02. The first-order valence-corrected chi connectivity index (χ1v) is 3.60. The molecule has 1 atom stereocenters. The molecule has 0 aromatic heterocycles. The Labute approximate surface area is 66.0 Å². The molecule has 0 saturated carbocycles. The fraction of sp³-hybridized carbons (Fsp3) is 0.833. The number of nitrogens with two attached hydrogens (primary N) is 1. The lowest BCUT2D eigenvalue weighted by atomic mass is 10.4. The van der Waals surface area contributed by atoms with E-state index in [4.69, 9.17) is 10.8 Å². The molecule has 0 aliphatic carbocycles. The van der Waals surface area contributed by atoms with Crippen LogP contribution in [0.4, 0.5) is 4.79 Å². The minimum atomic E-state index is -0.655. The molecule has 11 heavy (non-hydrogen) atoms. The molecule has 0 fully saturated rings. The van der Waals surface area contributed by atoms with Crippen molar-refractivity contribution in [2.75, 3.05) is 19.6 Å². The van der Waals surface area contributed by atoms with Gasteiger partial charge in [0, 0.05) is 19.6 Å². The van der Waals surface area contributed by atoms with E-state index in [1.165, 1.54) is 0 Å². The molecule has 0 saturated heterocycles. The van der Waals surface area contributed by atoms with E-state index in [0.29, 0.717) is 6.54 Å². The Balaban J connectivity index is 3.30. The number of nitrogens with one attached hydrogen (secondary N) is 2. The predicted octanol–water partition coefficient (Wildman–Crippen LogP) is -1.37. The second-order valence-corrected chi connectivity index (χ2v) is 2.13. The summed E-state index contributed by atoms with van der Waals surface area (Å²) in [4.78, 5) is 10.7. The average molecular weight is 161 g/mol. The normalized spacial score (nSPS) is 12.3. The molecule has 0 aliphatic heterocycles. The highest BCUT2D eigenvalue weighted by Crippen LogP contribution is 1.74. The van der Waals surface area contributed by atoms with Crippen molar-refractivity contribution in [3.8, 4) is 0 Å². The summed E-state index contributed by atoms with van der Waals surface area (Å²) >= 11 is 0. The maximum absolute atomic E-state index is 10.7. The van der Waals surface area contributed by atoms with Gasteiger partial charge in [-0.15, -0.1) is 0 Å². The van der Waals surface area contributed by atoms with Crippen molar-refractivity contribution in [1.82, 2.24) is 10.6 Å². The standard InChI is InChI=1S/C6H15N3O2/c1-2-8-6(11)9-4-5(10)3-7/h5,10H,2-4,7H2,1H3,(H2,8,9,11). The maximum atomic E-state index is 10.7. The number of carbonyl (C=O) groups excluding carboxylic acids is 1. The quantitative estimate of drug-likeness (QED) is 0.410. The summed E-state index contributed by atoms with van der Waals surface area (Å²) in [6.07, 6.45) is -0.655. The number of aliphatic hydroxyl groups excluding tert-OH is 1. The third-order valence-corrected chi connectivity index (χ3v) is 1.11. The van der Waals surface area contributed by atoms with E-state index in [1.54, 1.807) is 0 Å². The molecule has 0 rings (SSSR count). The maximum Gasteiger partial charge on any atom is 0.314 e. The molecule has 0 bridgehead atoms. The zero-order valence-electron chi connectivity index (χ0n) is 6.63. The number of aliphatic hydroxyl groups is 1. The number of amides is 2. The summed E-state index contributed by atoms with van der Waals surface area (Å²) < 4.78 is 0. The molecule has 5 N–H and O–H groups in total. The van der Waals surface area contributed by atoms with Crippen LogP contribution in [0.1, 0.15) is 6.92 Å². The van der Waals surface area contributed by atoms with Crippen LogP contribution in [0.5, 0.6) is 0 Å². The lowest BCUT2D eigenvalue weighted by Crippen LogP contribution is -2.41. The second-order valence-electron chi connectivity index (χ2n) is 2.13. The Morgan fingerprint density at radius 1 is 1.64 bits per heavy atom. The van der Waals surface area contributed by atoms with Crippen LogP contribution in [0.15, 0.2) is 0 Å². The summed E-state index contributed by atoms with van der Waals surface area (Å²) in [5, 5.41) is 13.9. The molecule has 0 heterocycles. The highest BCUT2D eigenvalue weighted by molar-refractivity contribution is 5.73. The third-order valence-electron chi connectivity index (χ3n) is 1.11. The Bertz CT molecular complexity index is 118. The van der Waals surface area contributed by atoms with E-state index < -0.39 is 6.10 Å². The molecular formula is C6H15N3O2. The molecule has 1 unspecified atom stereocenters. The van der Waals surface area contributed by atoms with E-state index in [-0.39, 0.29) is 19.1 Å². The van der Waals surface area contributed by atoms with Crippen LogP contribution in [0, 0.1) is 0 Å². The topological polar surface area (TPSA) is 87.4 Å². The Kier molecular flexibility index (Phi) is 5.50. The van der Waals surface area contributed by atoms with E-state index in [1.807, 2.05) is 6.92 Å². The SMILES string of the molecule is CCNC(=O)NCC(O)CN. The van der Waals surface area contributed by atoms with E-state index >= 15 is 0 Å². The summed E-state index contributed by atoms with van der Waals surface area (Å²) in [6, 6.07) is -0.278. The molecule has 2 amide bonds. The van der Waals surface area contributed by atoms with Crippen LogP contribution < -0.4 is 16.4 Å². The van der Waals surface area contributed by atoms with Crippen LogP contribution in [0.25, 0.3) is 0 Å². The Morgan fingerprint density at radius 2 is 2.27 bits per heavy atom. The van der Waals surface area contributed by atoms with Crippen molar-refractivity contribution in [3.05, 3.63) is 0 Å². The van der Waals surface area contributed by atoms with Gasteiger partial charge in [0.25, 0.3) is 0 Å². The molecule has 66 valence electrons. The zero-order chi connectivity index (χ0) is 8.69. The van der Waals surface area contributed by atoms with Gasteiger partial charge in [-0.2, -0.15) is 0 Å².